The molecular weight excluding hydrogens is 479 g/mol. The highest BCUT2D eigenvalue weighted by Crippen LogP contribution is 2.64. The van der Waals surface area contributed by atoms with Gasteiger partial charge in [0.05, 0.1) is 4.90 Å². The molecule has 1 aromatic carbocycles. The number of nitro groups is 1. The van der Waals surface area contributed by atoms with E-state index in [1.54, 1.807) is 6.07 Å². The Morgan fingerprint density at radius 1 is 1.18 bits per heavy atom. The minimum absolute atomic E-state index is 0.0226. The van der Waals surface area contributed by atoms with Crippen molar-refractivity contribution in [3.05, 3.63) is 52.6 Å². The van der Waals surface area contributed by atoms with Gasteiger partial charge in [-0.15, -0.1) is 0 Å². The minimum Gasteiger partial charge on any atom is -0.456 e. The van der Waals surface area contributed by atoms with E-state index in [9.17, 15) is 36.5 Å². The number of hydrogen-bond acceptors (Lipinski definition) is 7. The molecule has 0 spiro atoms. The summed E-state index contributed by atoms with van der Waals surface area (Å²) in [6, 6.07) is 7.11. The third kappa shape index (κ3) is 4.45. The third-order valence-electron chi connectivity index (χ3n) is 7.39. The fraction of sp³-hybridized carbons (Fsp3) is 0.591. The zero-order valence-electron chi connectivity index (χ0n) is 18.1. The van der Waals surface area contributed by atoms with E-state index in [2.05, 4.69) is 6.58 Å². The second-order valence-corrected chi connectivity index (χ2v) is 11.3. The second-order valence-electron chi connectivity index (χ2n) is 9.73. The molecule has 4 aliphatic rings. The van der Waals surface area contributed by atoms with Crippen molar-refractivity contribution in [3.8, 4) is 0 Å². The Morgan fingerprint density at radius 3 is 2.29 bits per heavy atom. The number of alkyl halides is 3. The average molecular weight is 503 g/mol. The van der Waals surface area contributed by atoms with Crippen molar-refractivity contribution in [2.24, 2.45) is 17.3 Å². The predicted octanol–water partition coefficient (Wildman–Crippen LogP) is 4.04. The van der Waals surface area contributed by atoms with Gasteiger partial charge < -0.3 is 4.74 Å². The second kappa shape index (κ2) is 8.33. The summed E-state index contributed by atoms with van der Waals surface area (Å²) in [5, 5.41) is 12.0. The molecule has 0 aromatic heterocycles. The number of hydrogen-bond donors (Lipinski definition) is 0. The number of carbonyl (C=O) groups is 1. The molecule has 3 atom stereocenters. The summed E-state index contributed by atoms with van der Waals surface area (Å²) in [5.41, 5.74) is -4.07. The predicted molar refractivity (Wildman–Crippen MR) is 111 cm³/mol. The summed E-state index contributed by atoms with van der Waals surface area (Å²) in [4.78, 5) is 23.8. The summed E-state index contributed by atoms with van der Waals surface area (Å²) < 4.78 is 74.8. The summed E-state index contributed by atoms with van der Waals surface area (Å²) in [6.07, 6.45) is -4.30. The molecule has 1 aromatic rings. The van der Waals surface area contributed by atoms with Crippen LogP contribution in [-0.4, -0.2) is 43.7 Å². The Hall–Kier alpha value is -2.47. The molecule has 5 rings (SSSR count). The Bertz CT molecular complexity index is 1090. The molecule has 12 heteroatoms. The van der Waals surface area contributed by atoms with Crippen LogP contribution in [0, 0.1) is 27.4 Å². The molecule has 4 aliphatic carbocycles. The first kappa shape index (κ1) is 24.6. The lowest BCUT2D eigenvalue weighted by molar-refractivity contribution is -0.593. The minimum atomic E-state index is -5.04. The van der Waals surface area contributed by atoms with Crippen LogP contribution in [0.4, 0.5) is 13.2 Å². The quantitative estimate of drug-likeness (QED) is 0.173. The van der Waals surface area contributed by atoms with Crippen LogP contribution < -0.4 is 0 Å². The van der Waals surface area contributed by atoms with Gasteiger partial charge >= 0.3 is 12.1 Å². The molecule has 186 valence electrons. The van der Waals surface area contributed by atoms with Gasteiger partial charge in [0.2, 0.25) is 5.54 Å². The normalized spacial score (nSPS) is 31.1. The van der Waals surface area contributed by atoms with Gasteiger partial charge in [0.1, 0.15) is 18.3 Å². The molecule has 4 saturated carbocycles. The van der Waals surface area contributed by atoms with E-state index in [1.165, 1.54) is 24.3 Å². The Kier molecular flexibility index (Phi) is 6.04. The van der Waals surface area contributed by atoms with Crippen LogP contribution >= 0.6 is 0 Å². The van der Waals surface area contributed by atoms with Gasteiger partial charge in [-0.3, -0.25) is 14.3 Å². The zero-order chi connectivity index (χ0) is 24.9. The molecule has 4 bridgehead atoms. The molecule has 3 unspecified atom stereocenters. The molecule has 0 radical (unpaired) electrons. The third-order valence-corrected chi connectivity index (χ3v) is 8.69. The number of rotatable bonds is 8. The molecule has 0 amide bonds. The number of nitrogens with zero attached hydrogens (tertiary/aromatic N) is 1. The van der Waals surface area contributed by atoms with Crippen molar-refractivity contribution >= 4 is 16.1 Å². The van der Waals surface area contributed by atoms with Gasteiger partial charge in [-0.1, -0.05) is 24.8 Å². The summed E-state index contributed by atoms with van der Waals surface area (Å²) in [7, 11) is -4.31. The van der Waals surface area contributed by atoms with Crippen molar-refractivity contribution < 1.29 is 40.2 Å². The smallest absolute Gasteiger partial charge is 0.422 e. The highest BCUT2D eigenvalue weighted by Gasteiger charge is 2.66. The number of esters is 1. The van der Waals surface area contributed by atoms with Crippen molar-refractivity contribution in [2.75, 3.05) is 6.61 Å². The van der Waals surface area contributed by atoms with Crippen molar-refractivity contribution in [1.29, 1.82) is 0 Å². The van der Waals surface area contributed by atoms with Gasteiger partial charge in [-0.2, -0.15) is 21.6 Å². The number of halogens is 3. The summed E-state index contributed by atoms with van der Waals surface area (Å²) in [5.74, 6) is -1.88. The lowest BCUT2D eigenvalue weighted by Gasteiger charge is -2.59. The van der Waals surface area contributed by atoms with E-state index in [0.717, 1.165) is 6.42 Å². The lowest BCUT2D eigenvalue weighted by atomic mass is 9.45. The van der Waals surface area contributed by atoms with Crippen molar-refractivity contribution in [3.63, 3.8) is 0 Å². The first-order chi connectivity index (χ1) is 15.8. The fourth-order valence-electron chi connectivity index (χ4n) is 6.33. The first-order valence-electron chi connectivity index (χ1n) is 10.8. The number of ether oxygens (including phenoxy) is 1. The molecule has 0 N–H and O–H groups in total. The fourth-order valence-corrected chi connectivity index (χ4v) is 7.26. The van der Waals surface area contributed by atoms with Gasteiger partial charge in [-0.25, -0.2) is 4.79 Å². The van der Waals surface area contributed by atoms with Crippen LogP contribution in [0.1, 0.15) is 38.5 Å². The van der Waals surface area contributed by atoms with Crippen LogP contribution in [0.15, 0.2) is 47.4 Å². The maximum Gasteiger partial charge on any atom is 0.422 e. The zero-order valence-corrected chi connectivity index (χ0v) is 18.9. The van der Waals surface area contributed by atoms with Crippen molar-refractivity contribution in [1.82, 2.24) is 0 Å². The van der Waals surface area contributed by atoms with Crippen LogP contribution in [0.3, 0.4) is 0 Å². The Balaban J connectivity index is 1.65. The Morgan fingerprint density at radius 2 is 1.76 bits per heavy atom. The maximum absolute atomic E-state index is 13.1. The summed E-state index contributed by atoms with van der Waals surface area (Å²) in [6.45, 7) is 2.01. The van der Waals surface area contributed by atoms with E-state index < -0.39 is 51.5 Å². The number of carbonyl (C=O) groups excluding carboxylic acids is 1. The van der Waals surface area contributed by atoms with Gasteiger partial charge in [-0.05, 0) is 43.2 Å². The lowest BCUT2D eigenvalue weighted by Crippen LogP contribution is -2.63. The van der Waals surface area contributed by atoms with Crippen LogP contribution in [-0.2, 0) is 23.8 Å². The maximum atomic E-state index is 13.1. The van der Waals surface area contributed by atoms with E-state index in [-0.39, 0.29) is 28.1 Å². The van der Waals surface area contributed by atoms with Gasteiger partial charge in [0.15, 0.2) is 0 Å². The Labute approximate surface area is 194 Å². The SMILES string of the molecule is C=C(C(=O)OC(COS(=O)(=O)c1ccccc1)C12CC3CC(C1)CC([N+](=O)[O-])(C3)C2)C(F)(F)F. The van der Waals surface area contributed by atoms with Gasteiger partial charge in [0, 0.05) is 29.6 Å². The van der Waals surface area contributed by atoms with E-state index >= 15 is 0 Å². The molecule has 4 fully saturated rings. The van der Waals surface area contributed by atoms with Crippen LogP contribution in [0.2, 0.25) is 0 Å². The highest BCUT2D eigenvalue weighted by atomic mass is 32.2. The molecule has 8 nitrogen and oxygen atoms in total. The topological polar surface area (TPSA) is 113 Å². The van der Waals surface area contributed by atoms with E-state index in [0.29, 0.717) is 25.7 Å². The highest BCUT2D eigenvalue weighted by molar-refractivity contribution is 7.86. The largest absolute Gasteiger partial charge is 0.456 e. The first-order valence-corrected chi connectivity index (χ1v) is 12.2. The van der Waals surface area contributed by atoms with Crippen LogP contribution in [0.25, 0.3) is 0 Å². The molecule has 0 saturated heterocycles. The average Bonchev–Trinajstić information content (AvgIpc) is 2.74. The van der Waals surface area contributed by atoms with E-state index in [4.69, 9.17) is 8.92 Å². The van der Waals surface area contributed by atoms with E-state index in [1.807, 2.05) is 0 Å². The summed E-state index contributed by atoms with van der Waals surface area (Å²) >= 11 is 0. The monoisotopic (exact) mass is 503 g/mol. The standard InChI is InChI=1S/C22H24F3NO7S/c1-14(22(23,24)25)19(27)33-18(12-32-34(30,31)17-5-3-2-4-6-17)20-8-15-7-16(9-20)11-21(10-15,13-20)26(28)29/h2-6,15-16,18H,1,7-13H2. The molecular formula is C22H24F3NO7S. The van der Waals surface area contributed by atoms with Crippen molar-refractivity contribution in [2.45, 2.75) is 61.2 Å². The molecule has 0 aliphatic heterocycles. The van der Waals surface area contributed by atoms with Crippen LogP contribution in [0.5, 0.6) is 0 Å². The van der Waals surface area contributed by atoms with Gasteiger partial charge in [0.25, 0.3) is 10.1 Å². The molecule has 34 heavy (non-hydrogen) atoms. The number of benzene rings is 1. The molecule has 0 heterocycles.